The Labute approximate surface area is 206 Å². The third-order valence-corrected chi connectivity index (χ3v) is 6.24. The lowest BCUT2D eigenvalue weighted by molar-refractivity contribution is -0.663. The number of imidazole rings is 1. The highest BCUT2D eigenvalue weighted by Gasteiger charge is 2.19. The Hall–Kier alpha value is -4.29. The SMILES string of the molecule is O=c1cc(Cn2c[n+](Cc3ccc4ccccc4c3)c3ccccc32)c2ccc(O)c(O)c2o1.[Cl-]. The summed E-state index contributed by atoms with van der Waals surface area (Å²) in [5, 5.41) is 23.0. The van der Waals surface area contributed by atoms with E-state index in [9.17, 15) is 15.0 Å². The van der Waals surface area contributed by atoms with Crippen molar-refractivity contribution in [2.45, 2.75) is 13.1 Å². The molecular weight excluding hydrogens is 464 g/mol. The third kappa shape index (κ3) is 3.98. The van der Waals surface area contributed by atoms with Crippen molar-refractivity contribution in [1.29, 1.82) is 0 Å². The quantitative estimate of drug-likeness (QED) is 0.227. The first-order valence-corrected chi connectivity index (χ1v) is 11.0. The average Bonchev–Trinajstić information content (AvgIpc) is 3.18. The number of aromatic nitrogens is 2. The van der Waals surface area contributed by atoms with Gasteiger partial charge in [0.15, 0.2) is 22.4 Å². The number of hydrogen-bond acceptors (Lipinski definition) is 4. The summed E-state index contributed by atoms with van der Waals surface area (Å²) < 4.78 is 9.45. The lowest BCUT2D eigenvalue weighted by Crippen LogP contribution is -3.00. The summed E-state index contributed by atoms with van der Waals surface area (Å²) in [5.41, 5.74) is 3.39. The Morgan fingerprint density at radius 3 is 2.49 bits per heavy atom. The standard InChI is InChI=1S/C28H20N2O4.ClH/c31-25-12-11-22-21(14-26(32)34-28(22)27(25)33)16-30-17-29(23-7-3-4-8-24(23)30)15-18-9-10-19-5-1-2-6-20(19)13-18;/h1-14,17H,15-16H2,(H-,31,32,33);1H. The first-order chi connectivity index (χ1) is 16.6. The maximum Gasteiger partial charge on any atom is 0.336 e. The van der Waals surface area contributed by atoms with Crippen LogP contribution in [0.1, 0.15) is 11.1 Å². The van der Waals surface area contributed by atoms with E-state index in [1.165, 1.54) is 28.5 Å². The van der Waals surface area contributed by atoms with Crippen LogP contribution < -0.4 is 22.6 Å². The maximum absolute atomic E-state index is 12.2. The summed E-state index contributed by atoms with van der Waals surface area (Å²) in [6.07, 6.45) is 2.04. The van der Waals surface area contributed by atoms with Crippen molar-refractivity contribution in [3.05, 3.63) is 113 Å². The van der Waals surface area contributed by atoms with Crippen molar-refractivity contribution in [1.82, 2.24) is 4.57 Å². The van der Waals surface area contributed by atoms with E-state index in [1.807, 2.05) is 36.7 Å². The Balaban J connectivity index is 0.00000253. The van der Waals surface area contributed by atoms with Gasteiger partial charge in [-0.15, -0.1) is 0 Å². The van der Waals surface area contributed by atoms with Crippen LogP contribution in [0.3, 0.4) is 0 Å². The minimum atomic E-state index is -0.580. The van der Waals surface area contributed by atoms with Gasteiger partial charge in [-0.05, 0) is 46.7 Å². The first-order valence-electron chi connectivity index (χ1n) is 11.0. The fourth-order valence-electron chi connectivity index (χ4n) is 4.61. The molecule has 4 aromatic carbocycles. The van der Waals surface area contributed by atoms with Gasteiger partial charge in [0.25, 0.3) is 0 Å². The number of phenols is 2. The summed E-state index contributed by atoms with van der Waals surface area (Å²) >= 11 is 0. The molecule has 0 saturated carbocycles. The van der Waals surface area contributed by atoms with Crippen LogP contribution in [0.2, 0.25) is 0 Å². The van der Waals surface area contributed by atoms with E-state index in [0.717, 1.165) is 11.0 Å². The predicted octanol–water partition coefficient (Wildman–Crippen LogP) is 1.70. The van der Waals surface area contributed by atoms with Gasteiger partial charge in [-0.2, -0.15) is 0 Å². The van der Waals surface area contributed by atoms with Crippen LogP contribution in [0.5, 0.6) is 11.5 Å². The summed E-state index contributed by atoms with van der Waals surface area (Å²) in [6.45, 7) is 1.10. The lowest BCUT2D eigenvalue weighted by atomic mass is 10.1. The van der Waals surface area contributed by atoms with E-state index < -0.39 is 11.4 Å². The zero-order chi connectivity index (χ0) is 23.2. The summed E-state index contributed by atoms with van der Waals surface area (Å²) in [6, 6.07) is 27.4. The van der Waals surface area contributed by atoms with E-state index in [-0.39, 0.29) is 23.7 Å². The maximum atomic E-state index is 12.2. The molecule has 6 aromatic rings. The highest BCUT2D eigenvalue weighted by atomic mass is 35.5. The molecule has 0 bridgehead atoms. The van der Waals surface area contributed by atoms with Gasteiger partial charge in [0.2, 0.25) is 12.1 Å². The van der Waals surface area contributed by atoms with E-state index in [0.29, 0.717) is 24.0 Å². The molecule has 174 valence electrons. The first kappa shape index (κ1) is 22.5. The van der Waals surface area contributed by atoms with Gasteiger partial charge in [-0.3, -0.25) is 0 Å². The third-order valence-electron chi connectivity index (χ3n) is 6.24. The number of phenolic OH excluding ortho intramolecular Hbond substituents is 2. The zero-order valence-corrected chi connectivity index (χ0v) is 19.3. The van der Waals surface area contributed by atoms with Gasteiger partial charge in [0.05, 0.1) is 0 Å². The molecule has 7 heteroatoms. The number of hydrogen-bond donors (Lipinski definition) is 2. The number of nitrogens with zero attached hydrogens (tertiary/aromatic N) is 2. The van der Waals surface area contributed by atoms with Crippen LogP contribution in [0.15, 0.2) is 100 Å². The average molecular weight is 485 g/mol. The molecule has 2 heterocycles. The lowest BCUT2D eigenvalue weighted by Gasteiger charge is -2.06. The van der Waals surface area contributed by atoms with Crippen LogP contribution in [0, 0.1) is 0 Å². The van der Waals surface area contributed by atoms with Crippen molar-refractivity contribution in [3.63, 3.8) is 0 Å². The molecule has 0 radical (unpaired) electrons. The number of fused-ring (bicyclic) bond motifs is 3. The Kier molecular flexibility index (Phi) is 5.67. The van der Waals surface area contributed by atoms with Crippen LogP contribution in [0.4, 0.5) is 0 Å². The number of para-hydroxylation sites is 2. The molecule has 0 atom stereocenters. The molecule has 35 heavy (non-hydrogen) atoms. The highest BCUT2D eigenvalue weighted by Crippen LogP contribution is 2.34. The van der Waals surface area contributed by atoms with Crippen molar-refractivity contribution in [3.8, 4) is 11.5 Å². The number of benzene rings is 4. The van der Waals surface area contributed by atoms with Crippen molar-refractivity contribution >= 4 is 32.8 Å². The molecular formula is C28H21ClN2O4. The summed E-state index contributed by atoms with van der Waals surface area (Å²) in [4.78, 5) is 12.2. The largest absolute Gasteiger partial charge is 1.00 e. The van der Waals surface area contributed by atoms with Crippen molar-refractivity contribution in [2.75, 3.05) is 0 Å². The topological polar surface area (TPSA) is 79.5 Å². The Morgan fingerprint density at radius 1 is 0.857 bits per heavy atom. The number of halogens is 1. The number of rotatable bonds is 4. The van der Waals surface area contributed by atoms with Crippen molar-refractivity contribution < 1.29 is 31.6 Å². The summed E-state index contributed by atoms with van der Waals surface area (Å²) in [7, 11) is 0. The van der Waals surface area contributed by atoms with Crippen molar-refractivity contribution in [2.24, 2.45) is 0 Å². The monoisotopic (exact) mass is 484 g/mol. The molecule has 0 aliphatic heterocycles. The Bertz CT molecular complexity index is 1770. The van der Waals surface area contributed by atoms with E-state index in [2.05, 4.69) is 45.5 Å². The number of aromatic hydroxyl groups is 2. The molecule has 6 rings (SSSR count). The molecule has 0 aliphatic carbocycles. The van der Waals surface area contributed by atoms with Gasteiger partial charge in [0, 0.05) is 17.0 Å². The van der Waals surface area contributed by atoms with Crippen LogP contribution in [-0.2, 0) is 13.1 Å². The van der Waals surface area contributed by atoms with Gasteiger partial charge in [-0.1, -0.05) is 48.5 Å². The summed E-state index contributed by atoms with van der Waals surface area (Å²) in [5.74, 6) is -0.757. The molecule has 0 unspecified atom stereocenters. The molecule has 0 fully saturated rings. The van der Waals surface area contributed by atoms with Crippen LogP contribution in [0.25, 0.3) is 32.8 Å². The Morgan fingerprint density at radius 2 is 1.63 bits per heavy atom. The van der Waals surface area contributed by atoms with Gasteiger partial charge in [0.1, 0.15) is 13.1 Å². The predicted molar refractivity (Wildman–Crippen MR) is 130 cm³/mol. The van der Waals surface area contributed by atoms with Gasteiger partial charge < -0.3 is 27.0 Å². The zero-order valence-electron chi connectivity index (χ0n) is 18.6. The van der Waals surface area contributed by atoms with Gasteiger partial charge >= 0.3 is 5.63 Å². The molecule has 2 N–H and O–H groups in total. The second kappa shape index (κ2) is 8.81. The normalized spacial score (nSPS) is 11.2. The van der Waals surface area contributed by atoms with Crippen LogP contribution in [-0.4, -0.2) is 14.8 Å². The molecule has 0 spiro atoms. The fourth-order valence-corrected chi connectivity index (χ4v) is 4.61. The smallest absolute Gasteiger partial charge is 0.336 e. The minimum Gasteiger partial charge on any atom is -1.00 e. The second-order valence-electron chi connectivity index (χ2n) is 8.44. The fraction of sp³-hybridized carbons (Fsp3) is 0.0714. The molecule has 2 aromatic heterocycles. The molecule has 0 saturated heterocycles. The highest BCUT2D eigenvalue weighted by molar-refractivity contribution is 5.87. The van der Waals surface area contributed by atoms with E-state index >= 15 is 0 Å². The van der Waals surface area contributed by atoms with Crippen LogP contribution >= 0.6 is 0 Å². The van der Waals surface area contributed by atoms with Gasteiger partial charge in [-0.25, -0.2) is 13.9 Å². The molecule has 0 amide bonds. The minimum absolute atomic E-state index is 0. The molecule has 0 aliphatic rings. The second-order valence-corrected chi connectivity index (χ2v) is 8.44. The van der Waals surface area contributed by atoms with E-state index in [1.54, 1.807) is 6.07 Å². The molecule has 6 nitrogen and oxygen atoms in total. The van der Waals surface area contributed by atoms with E-state index in [4.69, 9.17) is 4.42 Å².